The quantitative estimate of drug-likeness (QED) is 0.715. The van der Waals surface area contributed by atoms with E-state index in [4.69, 9.17) is 0 Å². The molecule has 0 amide bonds. The lowest BCUT2D eigenvalue weighted by molar-refractivity contribution is 0.101. The normalized spacial score (nSPS) is 26.6. The maximum absolute atomic E-state index is 12.4. The Labute approximate surface area is 106 Å². The van der Waals surface area contributed by atoms with Gasteiger partial charge in [0, 0.05) is 12.5 Å². The van der Waals surface area contributed by atoms with Crippen LogP contribution in [0.25, 0.3) is 0 Å². The first kappa shape index (κ1) is 16.8. The summed E-state index contributed by atoms with van der Waals surface area (Å²) < 4.78 is 24.7. The van der Waals surface area contributed by atoms with Gasteiger partial charge in [0.2, 0.25) is 6.43 Å². The summed E-state index contributed by atoms with van der Waals surface area (Å²) in [6.07, 6.45) is 0.941. The molecule has 0 aromatic rings. The smallest absolute Gasteiger partial charge is 0.238 e. The van der Waals surface area contributed by atoms with Gasteiger partial charge in [-0.05, 0) is 44.7 Å². The molecular weight excluding hydrogens is 220 g/mol. The molecule has 2 unspecified atom stereocenters. The zero-order valence-corrected chi connectivity index (χ0v) is 12.0. The molecule has 0 radical (unpaired) electrons. The van der Waals surface area contributed by atoms with Crippen LogP contribution in [0.5, 0.6) is 0 Å². The maximum atomic E-state index is 12.4. The van der Waals surface area contributed by atoms with Crippen molar-refractivity contribution in [3.63, 3.8) is 0 Å². The molecule has 104 valence electrons. The van der Waals surface area contributed by atoms with Gasteiger partial charge in [0.25, 0.3) is 0 Å². The zero-order chi connectivity index (χ0) is 13.4. The molecule has 0 spiro atoms. The van der Waals surface area contributed by atoms with E-state index >= 15 is 0 Å². The van der Waals surface area contributed by atoms with Gasteiger partial charge in [-0.15, -0.1) is 0 Å². The Morgan fingerprint density at radius 2 is 1.82 bits per heavy atom. The van der Waals surface area contributed by atoms with E-state index < -0.39 is 6.43 Å². The number of halogens is 2. The number of likely N-dealkylation sites (tertiary alicyclic amines) is 1. The van der Waals surface area contributed by atoms with Crippen molar-refractivity contribution in [1.29, 1.82) is 0 Å². The molecule has 3 heteroatoms. The van der Waals surface area contributed by atoms with Crippen LogP contribution in [-0.4, -0.2) is 31.0 Å². The molecule has 0 aliphatic carbocycles. The van der Waals surface area contributed by atoms with Crippen LogP contribution in [0.1, 0.15) is 53.4 Å². The van der Waals surface area contributed by atoms with Crippen molar-refractivity contribution in [2.75, 3.05) is 13.6 Å². The van der Waals surface area contributed by atoms with Gasteiger partial charge in [0.05, 0.1) is 0 Å². The van der Waals surface area contributed by atoms with E-state index in [2.05, 4.69) is 25.8 Å². The highest BCUT2D eigenvalue weighted by Gasteiger charge is 2.27. The maximum Gasteiger partial charge on any atom is 0.238 e. The summed E-state index contributed by atoms with van der Waals surface area (Å²) in [6.45, 7) is 9.43. The first-order chi connectivity index (χ1) is 8.00. The summed E-state index contributed by atoms with van der Waals surface area (Å²) in [5.41, 5.74) is 0. The molecule has 1 nitrogen and oxygen atoms in total. The molecule has 1 aliphatic heterocycles. The third-order valence-electron chi connectivity index (χ3n) is 3.55. The summed E-state index contributed by atoms with van der Waals surface area (Å²) in [4.78, 5) is 2.34. The average molecular weight is 249 g/mol. The van der Waals surface area contributed by atoms with E-state index in [-0.39, 0.29) is 12.3 Å². The van der Waals surface area contributed by atoms with Crippen molar-refractivity contribution in [2.45, 2.75) is 65.8 Å². The first-order valence-corrected chi connectivity index (χ1v) is 6.99. The van der Waals surface area contributed by atoms with Crippen molar-refractivity contribution in [3.05, 3.63) is 0 Å². The van der Waals surface area contributed by atoms with Gasteiger partial charge in [-0.2, -0.15) is 0 Å². The molecular formula is C14H29F2N. The third kappa shape index (κ3) is 6.35. The molecule has 2 atom stereocenters. The molecule has 0 saturated carbocycles. The van der Waals surface area contributed by atoms with E-state index in [1.165, 1.54) is 0 Å². The lowest BCUT2D eigenvalue weighted by Crippen LogP contribution is -2.36. The van der Waals surface area contributed by atoms with Crippen LogP contribution in [0.2, 0.25) is 0 Å². The van der Waals surface area contributed by atoms with Crippen LogP contribution in [0, 0.1) is 11.8 Å². The minimum atomic E-state index is -2.13. The topological polar surface area (TPSA) is 3.24 Å². The second-order valence-corrected chi connectivity index (χ2v) is 5.16. The number of alkyl halides is 2. The minimum absolute atomic E-state index is 0.0943. The lowest BCUT2D eigenvalue weighted by atomic mass is 9.89. The molecule has 0 aromatic heterocycles. The minimum Gasteiger partial charge on any atom is -0.303 e. The highest BCUT2D eigenvalue weighted by molar-refractivity contribution is 4.80. The van der Waals surface area contributed by atoms with E-state index in [9.17, 15) is 8.78 Å². The molecule has 0 N–H and O–H groups in total. The Kier molecular flexibility index (Phi) is 8.75. The largest absolute Gasteiger partial charge is 0.303 e. The lowest BCUT2D eigenvalue weighted by Gasteiger charge is -2.30. The number of nitrogens with zero attached hydrogens (tertiary/aromatic N) is 1. The first-order valence-electron chi connectivity index (χ1n) is 6.99. The van der Waals surface area contributed by atoms with Gasteiger partial charge in [-0.3, -0.25) is 0 Å². The van der Waals surface area contributed by atoms with Gasteiger partial charge < -0.3 is 4.90 Å². The van der Waals surface area contributed by atoms with Gasteiger partial charge >= 0.3 is 0 Å². The Bertz CT molecular complexity index is 183. The fraction of sp³-hybridized carbons (Fsp3) is 1.00. The van der Waals surface area contributed by atoms with Crippen LogP contribution in [-0.2, 0) is 0 Å². The summed E-state index contributed by atoms with van der Waals surface area (Å²) in [7, 11) is 2.12. The molecule has 1 rings (SSSR count). The van der Waals surface area contributed by atoms with Crippen LogP contribution in [0.3, 0.4) is 0 Å². The van der Waals surface area contributed by atoms with Gasteiger partial charge in [0.15, 0.2) is 0 Å². The van der Waals surface area contributed by atoms with Crippen molar-refractivity contribution in [1.82, 2.24) is 4.90 Å². The van der Waals surface area contributed by atoms with Crippen molar-refractivity contribution in [3.8, 4) is 0 Å². The highest BCUT2D eigenvalue weighted by Crippen LogP contribution is 2.29. The predicted octanol–water partition coefficient (Wildman–Crippen LogP) is 4.42. The highest BCUT2D eigenvalue weighted by atomic mass is 19.3. The Morgan fingerprint density at radius 3 is 2.29 bits per heavy atom. The average Bonchev–Trinajstić information content (AvgIpc) is 2.43. The predicted molar refractivity (Wildman–Crippen MR) is 70.6 cm³/mol. The summed E-state index contributed by atoms with van der Waals surface area (Å²) in [5.74, 6) is 0.788. The molecule has 0 bridgehead atoms. The summed E-state index contributed by atoms with van der Waals surface area (Å²) in [5, 5.41) is 0. The summed E-state index contributed by atoms with van der Waals surface area (Å²) in [6, 6.07) is 0.483. The number of rotatable bonds is 3. The zero-order valence-electron chi connectivity index (χ0n) is 12.0. The van der Waals surface area contributed by atoms with E-state index in [0.29, 0.717) is 12.0 Å². The van der Waals surface area contributed by atoms with E-state index in [0.717, 1.165) is 25.8 Å². The van der Waals surface area contributed by atoms with Gasteiger partial charge in [-0.25, -0.2) is 8.78 Å². The van der Waals surface area contributed by atoms with E-state index in [1.807, 2.05) is 13.8 Å². The number of hydrogen-bond donors (Lipinski definition) is 0. The monoisotopic (exact) mass is 249 g/mol. The fourth-order valence-electron chi connectivity index (χ4n) is 2.68. The Hall–Kier alpha value is -0.180. The standard InChI is InChI=1S/C12H23F2N.C2H6/c1-9(2)11-7-10(8-12(13)14)5-4-6-15(11)3;1-2/h9-12H,4-8H2,1-3H3;1-2H3. The Balaban J connectivity index is 0.00000121. The summed E-state index contributed by atoms with van der Waals surface area (Å²) >= 11 is 0. The number of hydrogen-bond acceptors (Lipinski definition) is 1. The second-order valence-electron chi connectivity index (χ2n) is 5.16. The van der Waals surface area contributed by atoms with E-state index in [1.54, 1.807) is 0 Å². The van der Waals surface area contributed by atoms with Crippen LogP contribution < -0.4 is 0 Å². The Morgan fingerprint density at radius 1 is 1.24 bits per heavy atom. The van der Waals surface area contributed by atoms with Crippen LogP contribution >= 0.6 is 0 Å². The third-order valence-corrected chi connectivity index (χ3v) is 3.55. The molecule has 17 heavy (non-hydrogen) atoms. The molecule has 1 fully saturated rings. The molecule has 1 aliphatic rings. The van der Waals surface area contributed by atoms with Crippen LogP contribution in [0.4, 0.5) is 8.78 Å². The van der Waals surface area contributed by atoms with Gasteiger partial charge in [0.1, 0.15) is 0 Å². The van der Waals surface area contributed by atoms with Gasteiger partial charge in [-0.1, -0.05) is 27.7 Å². The van der Waals surface area contributed by atoms with Crippen molar-refractivity contribution >= 4 is 0 Å². The SMILES string of the molecule is CC.CC(C)C1CC(CC(F)F)CCCN1C. The second kappa shape index (κ2) is 8.84. The van der Waals surface area contributed by atoms with Crippen molar-refractivity contribution in [2.24, 2.45) is 11.8 Å². The van der Waals surface area contributed by atoms with Crippen LogP contribution in [0.15, 0.2) is 0 Å². The molecule has 1 saturated heterocycles. The van der Waals surface area contributed by atoms with Crippen molar-refractivity contribution < 1.29 is 8.78 Å². The molecule has 0 aromatic carbocycles. The fourth-order valence-corrected chi connectivity index (χ4v) is 2.68. The molecule has 1 heterocycles.